The van der Waals surface area contributed by atoms with Crippen molar-refractivity contribution in [2.75, 3.05) is 13.2 Å². The van der Waals surface area contributed by atoms with Crippen LogP contribution in [0.4, 0.5) is 0 Å². The van der Waals surface area contributed by atoms with Gasteiger partial charge in [-0.05, 0) is 25.0 Å². The van der Waals surface area contributed by atoms with E-state index < -0.39 is 11.9 Å². The van der Waals surface area contributed by atoms with E-state index in [4.69, 9.17) is 9.47 Å². The zero-order valence-electron chi connectivity index (χ0n) is 26.2. The molecule has 0 saturated carbocycles. The summed E-state index contributed by atoms with van der Waals surface area (Å²) in [5, 5.41) is 0. The first-order valence-corrected chi connectivity index (χ1v) is 16.5. The maximum absolute atomic E-state index is 12.4. The van der Waals surface area contributed by atoms with E-state index >= 15 is 0 Å². The van der Waals surface area contributed by atoms with Crippen molar-refractivity contribution in [1.82, 2.24) is 0 Å². The first-order valence-electron chi connectivity index (χ1n) is 16.5. The predicted octanol–water partition coefficient (Wildman–Crippen LogP) is 11.3. The quantitative estimate of drug-likeness (QED) is 0.0955. The van der Waals surface area contributed by atoms with Gasteiger partial charge in [-0.3, -0.25) is 0 Å². The van der Waals surface area contributed by atoms with Crippen molar-refractivity contribution in [2.24, 2.45) is 0 Å². The molecule has 0 heterocycles. The Morgan fingerprint density at radius 2 is 0.692 bits per heavy atom. The van der Waals surface area contributed by atoms with Gasteiger partial charge in [-0.25, -0.2) is 9.59 Å². The van der Waals surface area contributed by atoms with Gasteiger partial charge in [0.15, 0.2) is 0 Å². The average molecular weight is 547 g/mol. The molecule has 0 amide bonds. The number of hydrogen-bond acceptors (Lipinski definition) is 4. The fraction of sp³-hybridized carbons (Fsp3) is 0.771. The van der Waals surface area contributed by atoms with Gasteiger partial charge in [-0.2, -0.15) is 0 Å². The third kappa shape index (κ3) is 22.7. The van der Waals surface area contributed by atoms with Crippen LogP contribution in [0.25, 0.3) is 0 Å². The van der Waals surface area contributed by atoms with E-state index in [0.717, 1.165) is 25.7 Å². The number of rotatable bonds is 24. The van der Waals surface area contributed by atoms with E-state index in [-0.39, 0.29) is 0 Å². The van der Waals surface area contributed by atoms with Crippen molar-refractivity contribution in [3.05, 3.63) is 35.4 Å². The molecule has 226 valence electrons. The molecule has 4 nitrogen and oxygen atoms in total. The summed E-state index contributed by atoms with van der Waals surface area (Å²) < 4.78 is 10.7. The van der Waals surface area contributed by atoms with Crippen molar-refractivity contribution in [3.8, 4) is 0 Å². The van der Waals surface area contributed by atoms with Crippen molar-refractivity contribution >= 4 is 11.9 Å². The van der Waals surface area contributed by atoms with Crippen LogP contribution < -0.4 is 0 Å². The van der Waals surface area contributed by atoms with Crippen LogP contribution in [0.15, 0.2) is 24.3 Å². The molecule has 0 aliphatic heterocycles. The number of benzene rings is 1. The second-order valence-corrected chi connectivity index (χ2v) is 10.8. The molecular weight excluding hydrogens is 484 g/mol. The summed E-state index contributed by atoms with van der Waals surface area (Å²) in [5.74, 6) is -0.888. The van der Waals surface area contributed by atoms with E-state index in [1.54, 1.807) is 24.3 Å². The van der Waals surface area contributed by atoms with Gasteiger partial charge in [-0.15, -0.1) is 0 Å². The molecule has 0 bridgehead atoms. The summed E-state index contributed by atoms with van der Waals surface area (Å²) >= 11 is 0. The fourth-order valence-corrected chi connectivity index (χ4v) is 4.47. The van der Waals surface area contributed by atoms with E-state index in [9.17, 15) is 9.59 Å². The van der Waals surface area contributed by atoms with Gasteiger partial charge in [0.05, 0.1) is 24.3 Å². The standard InChI is InChI=1S/C24H38O4.C11H24/c1-3-5-7-9-11-15-19-27-23(25)21-17-13-14-18-22(21)24(26)28-20-16-12-10-8-6-4-2;1-3-5-7-9-11-10-8-6-4-2/h13-14,17-18H,3-12,15-16,19-20H2,1-2H3;3-11H2,1-2H3. The molecule has 0 saturated heterocycles. The Kier molecular flexibility index (Phi) is 27.8. The monoisotopic (exact) mass is 546 g/mol. The van der Waals surface area contributed by atoms with Crippen LogP contribution in [0.2, 0.25) is 0 Å². The molecule has 0 aliphatic carbocycles. The minimum atomic E-state index is -0.444. The molecule has 1 aromatic carbocycles. The maximum Gasteiger partial charge on any atom is 0.339 e. The lowest BCUT2D eigenvalue weighted by Crippen LogP contribution is -2.15. The fourth-order valence-electron chi connectivity index (χ4n) is 4.47. The van der Waals surface area contributed by atoms with Gasteiger partial charge in [0.2, 0.25) is 0 Å². The Bertz CT molecular complexity index is 628. The molecule has 0 radical (unpaired) electrons. The molecule has 0 aliphatic rings. The van der Waals surface area contributed by atoms with Crippen LogP contribution in [0.5, 0.6) is 0 Å². The first kappa shape index (κ1) is 37.2. The largest absolute Gasteiger partial charge is 0.462 e. The highest BCUT2D eigenvalue weighted by molar-refractivity contribution is 6.03. The van der Waals surface area contributed by atoms with Crippen LogP contribution in [-0.2, 0) is 9.47 Å². The Labute approximate surface area is 242 Å². The number of carbonyl (C=O) groups excluding carboxylic acids is 2. The lowest BCUT2D eigenvalue weighted by atomic mass is 10.1. The summed E-state index contributed by atoms with van der Waals surface area (Å²) in [5.41, 5.74) is 0.586. The molecular formula is C35H62O4. The number of unbranched alkanes of at least 4 members (excludes halogenated alkanes) is 18. The molecule has 39 heavy (non-hydrogen) atoms. The summed E-state index contributed by atoms with van der Waals surface area (Å²) in [6.45, 7) is 9.72. The van der Waals surface area contributed by atoms with Crippen molar-refractivity contribution in [2.45, 2.75) is 163 Å². The van der Waals surface area contributed by atoms with Gasteiger partial charge in [0.1, 0.15) is 0 Å². The van der Waals surface area contributed by atoms with Crippen molar-refractivity contribution < 1.29 is 19.1 Å². The van der Waals surface area contributed by atoms with Gasteiger partial charge in [0.25, 0.3) is 0 Å². The third-order valence-electron chi connectivity index (χ3n) is 7.04. The zero-order chi connectivity index (χ0) is 28.8. The van der Waals surface area contributed by atoms with Crippen LogP contribution in [0.1, 0.15) is 183 Å². The van der Waals surface area contributed by atoms with E-state index in [0.29, 0.717) is 24.3 Å². The highest BCUT2D eigenvalue weighted by Crippen LogP contribution is 2.14. The number of esters is 2. The number of ether oxygens (including phenoxy) is 2. The van der Waals surface area contributed by atoms with Crippen LogP contribution in [-0.4, -0.2) is 25.2 Å². The molecule has 0 N–H and O–H groups in total. The zero-order valence-corrected chi connectivity index (χ0v) is 26.2. The third-order valence-corrected chi connectivity index (χ3v) is 7.04. The Morgan fingerprint density at radius 3 is 0.974 bits per heavy atom. The number of carbonyl (C=O) groups is 2. The summed E-state index contributed by atoms with van der Waals surface area (Å²) in [6.07, 6.45) is 26.6. The number of hydrogen-bond donors (Lipinski definition) is 0. The Balaban J connectivity index is 0.00000110. The molecule has 0 unspecified atom stereocenters. The van der Waals surface area contributed by atoms with E-state index in [2.05, 4.69) is 27.7 Å². The Morgan fingerprint density at radius 1 is 0.436 bits per heavy atom. The lowest BCUT2D eigenvalue weighted by molar-refractivity contribution is 0.0450. The van der Waals surface area contributed by atoms with Gasteiger partial charge >= 0.3 is 11.9 Å². The van der Waals surface area contributed by atoms with Gasteiger partial charge in [0, 0.05) is 0 Å². The average Bonchev–Trinajstić information content (AvgIpc) is 2.96. The van der Waals surface area contributed by atoms with Crippen LogP contribution in [0.3, 0.4) is 0 Å². The molecule has 1 rings (SSSR count). The van der Waals surface area contributed by atoms with E-state index in [1.165, 1.54) is 109 Å². The molecule has 4 heteroatoms. The van der Waals surface area contributed by atoms with Crippen molar-refractivity contribution in [1.29, 1.82) is 0 Å². The molecule has 0 aromatic heterocycles. The maximum atomic E-state index is 12.4. The summed E-state index contributed by atoms with van der Waals surface area (Å²) in [7, 11) is 0. The molecule has 0 fully saturated rings. The molecule has 1 aromatic rings. The summed E-state index contributed by atoms with van der Waals surface area (Å²) in [4.78, 5) is 24.7. The topological polar surface area (TPSA) is 52.6 Å². The highest BCUT2D eigenvalue weighted by atomic mass is 16.5. The van der Waals surface area contributed by atoms with Crippen LogP contribution in [0, 0.1) is 0 Å². The molecule has 0 atom stereocenters. The minimum absolute atomic E-state index is 0.293. The molecule has 0 spiro atoms. The lowest BCUT2D eigenvalue weighted by Gasteiger charge is -2.10. The van der Waals surface area contributed by atoms with Gasteiger partial charge in [-0.1, -0.05) is 162 Å². The second kappa shape index (κ2) is 29.2. The van der Waals surface area contributed by atoms with Gasteiger partial charge < -0.3 is 9.47 Å². The summed E-state index contributed by atoms with van der Waals surface area (Å²) in [6, 6.07) is 6.74. The van der Waals surface area contributed by atoms with Crippen molar-refractivity contribution in [3.63, 3.8) is 0 Å². The smallest absolute Gasteiger partial charge is 0.339 e. The van der Waals surface area contributed by atoms with Crippen LogP contribution >= 0.6 is 0 Å². The minimum Gasteiger partial charge on any atom is -0.462 e. The first-order chi connectivity index (χ1) is 19.1. The SMILES string of the molecule is CCCCCCCCCCC.CCCCCCCCOC(=O)c1ccccc1C(=O)OCCCCCCCC. The Hall–Kier alpha value is -1.84. The second-order valence-electron chi connectivity index (χ2n) is 10.8. The highest BCUT2D eigenvalue weighted by Gasteiger charge is 2.18. The van der Waals surface area contributed by atoms with E-state index in [1.807, 2.05) is 0 Å². The predicted molar refractivity (Wildman–Crippen MR) is 167 cm³/mol. The normalized spacial score (nSPS) is 10.6.